The fraction of sp³-hybridized carbons (Fsp3) is 0.375. The molecule has 0 fully saturated rings. The Kier molecular flexibility index (Phi) is 2.46. The summed E-state index contributed by atoms with van der Waals surface area (Å²) in [6, 6.07) is 1.37. The van der Waals surface area contributed by atoms with E-state index in [1.807, 2.05) is 0 Å². The molecule has 0 bridgehead atoms. The van der Waals surface area contributed by atoms with Gasteiger partial charge in [0.05, 0.1) is 0 Å². The van der Waals surface area contributed by atoms with E-state index >= 15 is 0 Å². The Morgan fingerprint density at radius 2 is 2.31 bits per heavy atom. The van der Waals surface area contributed by atoms with Gasteiger partial charge >= 0.3 is 5.97 Å². The summed E-state index contributed by atoms with van der Waals surface area (Å²) < 4.78 is 1.24. The first-order valence-electron chi connectivity index (χ1n) is 3.76. The van der Waals surface area contributed by atoms with Crippen molar-refractivity contribution < 1.29 is 9.90 Å². The van der Waals surface area contributed by atoms with Gasteiger partial charge in [-0.25, -0.2) is 4.98 Å². The van der Waals surface area contributed by atoms with Crippen molar-refractivity contribution in [2.24, 2.45) is 7.05 Å². The van der Waals surface area contributed by atoms with E-state index in [0.717, 1.165) is 0 Å². The van der Waals surface area contributed by atoms with E-state index in [2.05, 4.69) is 4.98 Å². The van der Waals surface area contributed by atoms with Gasteiger partial charge in [-0.3, -0.25) is 14.2 Å². The third-order valence-electron chi connectivity index (χ3n) is 1.66. The first-order chi connectivity index (χ1) is 6.00. The summed E-state index contributed by atoms with van der Waals surface area (Å²) in [5, 5.41) is 8.52. The summed E-state index contributed by atoms with van der Waals surface area (Å²) >= 11 is 0. The Bertz CT molecular complexity index is 395. The highest BCUT2D eigenvalue weighted by molar-refractivity contribution is 5.69. The minimum Gasteiger partial charge on any atom is -0.481 e. The van der Waals surface area contributed by atoms with Gasteiger partial charge in [0.2, 0.25) is 0 Å². The van der Waals surface area contributed by atoms with E-state index in [-0.39, 0.29) is 17.8 Å². The van der Waals surface area contributed by atoms with Gasteiger partial charge in [0.25, 0.3) is 5.56 Å². The average molecular weight is 182 g/mol. The molecule has 13 heavy (non-hydrogen) atoms. The summed E-state index contributed by atoms with van der Waals surface area (Å²) in [5.74, 6) is -0.717. The van der Waals surface area contributed by atoms with Crippen molar-refractivity contribution in [1.82, 2.24) is 9.55 Å². The number of nitrogens with zero attached hydrogens (tertiary/aromatic N) is 2. The smallest absolute Gasteiger partial charge is 0.311 e. The quantitative estimate of drug-likeness (QED) is 0.682. The Labute approximate surface area is 74.7 Å². The van der Waals surface area contributed by atoms with Crippen LogP contribution in [0, 0.1) is 6.92 Å². The standard InChI is InChI=1S/C8H10N2O3/c1-5-3-7(11)10(2)6(9-5)4-8(12)13/h3H,4H2,1-2H3,(H,12,13). The van der Waals surface area contributed by atoms with Crippen LogP contribution >= 0.6 is 0 Å². The van der Waals surface area contributed by atoms with E-state index in [4.69, 9.17) is 5.11 Å². The lowest BCUT2D eigenvalue weighted by Crippen LogP contribution is -2.23. The number of hydrogen-bond acceptors (Lipinski definition) is 3. The van der Waals surface area contributed by atoms with E-state index in [1.165, 1.54) is 17.7 Å². The van der Waals surface area contributed by atoms with Crippen LogP contribution in [0.15, 0.2) is 10.9 Å². The van der Waals surface area contributed by atoms with Gasteiger partial charge in [-0.2, -0.15) is 0 Å². The molecule has 0 unspecified atom stereocenters. The molecule has 1 heterocycles. The number of aryl methyl sites for hydroxylation is 1. The van der Waals surface area contributed by atoms with Crippen molar-refractivity contribution in [3.8, 4) is 0 Å². The highest BCUT2D eigenvalue weighted by Crippen LogP contribution is 1.94. The maximum Gasteiger partial charge on any atom is 0.311 e. The molecule has 0 atom stereocenters. The molecule has 0 radical (unpaired) electrons. The second kappa shape index (κ2) is 3.38. The number of rotatable bonds is 2. The SMILES string of the molecule is Cc1cc(=O)n(C)c(CC(=O)O)n1. The highest BCUT2D eigenvalue weighted by Gasteiger charge is 2.07. The minimum atomic E-state index is -0.992. The topological polar surface area (TPSA) is 72.2 Å². The van der Waals surface area contributed by atoms with E-state index in [0.29, 0.717) is 5.69 Å². The predicted molar refractivity (Wildman–Crippen MR) is 45.6 cm³/mol. The van der Waals surface area contributed by atoms with Gasteiger partial charge in [-0.1, -0.05) is 0 Å². The van der Waals surface area contributed by atoms with Crippen molar-refractivity contribution in [1.29, 1.82) is 0 Å². The summed E-state index contributed by atoms with van der Waals surface area (Å²) in [6.45, 7) is 1.66. The van der Waals surface area contributed by atoms with Crippen LogP contribution in [0.1, 0.15) is 11.5 Å². The molecule has 1 rings (SSSR count). The Morgan fingerprint density at radius 1 is 1.69 bits per heavy atom. The number of carboxylic acids is 1. The molecular weight excluding hydrogens is 172 g/mol. The van der Waals surface area contributed by atoms with Crippen LogP contribution in [-0.2, 0) is 18.3 Å². The third kappa shape index (κ3) is 2.14. The molecule has 1 aromatic heterocycles. The lowest BCUT2D eigenvalue weighted by molar-refractivity contribution is -0.136. The normalized spacial score (nSPS) is 10.0. The second-order valence-electron chi connectivity index (χ2n) is 2.78. The lowest BCUT2D eigenvalue weighted by atomic mass is 10.3. The van der Waals surface area contributed by atoms with Gasteiger partial charge < -0.3 is 5.11 Å². The number of hydrogen-bond donors (Lipinski definition) is 1. The van der Waals surface area contributed by atoms with Gasteiger partial charge in [0.15, 0.2) is 0 Å². The first kappa shape index (κ1) is 9.44. The van der Waals surface area contributed by atoms with E-state index < -0.39 is 5.97 Å². The fourth-order valence-corrected chi connectivity index (χ4v) is 1.01. The van der Waals surface area contributed by atoms with Crippen LogP contribution < -0.4 is 5.56 Å². The molecule has 0 spiro atoms. The molecule has 1 aromatic rings. The molecule has 0 aliphatic carbocycles. The summed E-state index contributed by atoms with van der Waals surface area (Å²) in [5.41, 5.74) is 0.308. The maximum absolute atomic E-state index is 11.2. The Morgan fingerprint density at radius 3 is 2.85 bits per heavy atom. The predicted octanol–water partition coefficient (Wildman–Crippen LogP) is -0.284. The number of aromatic nitrogens is 2. The summed E-state index contributed by atoms with van der Waals surface area (Å²) in [6.07, 6.45) is -0.229. The second-order valence-corrected chi connectivity index (χ2v) is 2.78. The van der Waals surface area contributed by atoms with Crippen LogP contribution in [0.5, 0.6) is 0 Å². The molecule has 0 saturated carbocycles. The first-order valence-corrected chi connectivity index (χ1v) is 3.76. The van der Waals surface area contributed by atoms with Crippen LogP contribution in [0.4, 0.5) is 0 Å². The zero-order valence-corrected chi connectivity index (χ0v) is 7.44. The third-order valence-corrected chi connectivity index (χ3v) is 1.66. The van der Waals surface area contributed by atoms with Crippen LogP contribution in [0.3, 0.4) is 0 Å². The molecule has 0 aliphatic heterocycles. The minimum absolute atomic E-state index is 0.229. The average Bonchev–Trinajstić information content (AvgIpc) is 1.98. The van der Waals surface area contributed by atoms with Crippen molar-refractivity contribution in [2.45, 2.75) is 13.3 Å². The van der Waals surface area contributed by atoms with Crippen molar-refractivity contribution in [3.05, 3.63) is 27.9 Å². The highest BCUT2D eigenvalue weighted by atomic mass is 16.4. The zero-order valence-electron chi connectivity index (χ0n) is 7.44. The number of aliphatic carboxylic acids is 1. The molecule has 5 heteroatoms. The van der Waals surface area contributed by atoms with Gasteiger partial charge in [-0.15, -0.1) is 0 Å². The molecule has 5 nitrogen and oxygen atoms in total. The molecule has 1 N–H and O–H groups in total. The largest absolute Gasteiger partial charge is 0.481 e. The van der Waals surface area contributed by atoms with Crippen LogP contribution in [-0.4, -0.2) is 20.6 Å². The van der Waals surface area contributed by atoms with E-state index in [9.17, 15) is 9.59 Å². The van der Waals surface area contributed by atoms with Crippen molar-refractivity contribution in [2.75, 3.05) is 0 Å². The monoisotopic (exact) mass is 182 g/mol. The lowest BCUT2D eigenvalue weighted by Gasteiger charge is -2.04. The van der Waals surface area contributed by atoms with Crippen LogP contribution in [0.2, 0.25) is 0 Å². The molecule has 0 aromatic carbocycles. The van der Waals surface area contributed by atoms with Crippen molar-refractivity contribution in [3.63, 3.8) is 0 Å². The summed E-state index contributed by atoms with van der Waals surface area (Å²) in [4.78, 5) is 25.5. The zero-order chi connectivity index (χ0) is 10.0. The maximum atomic E-state index is 11.2. The Hall–Kier alpha value is -1.65. The van der Waals surface area contributed by atoms with Crippen molar-refractivity contribution >= 4 is 5.97 Å². The summed E-state index contributed by atoms with van der Waals surface area (Å²) in [7, 11) is 1.51. The number of carboxylic acid groups (broad SMARTS) is 1. The van der Waals surface area contributed by atoms with Gasteiger partial charge in [-0.05, 0) is 6.92 Å². The molecule has 0 saturated heterocycles. The molecule has 0 aliphatic rings. The van der Waals surface area contributed by atoms with E-state index in [1.54, 1.807) is 6.92 Å². The van der Waals surface area contributed by atoms with Gasteiger partial charge in [0.1, 0.15) is 12.2 Å². The molecule has 70 valence electrons. The number of carbonyl (C=O) groups is 1. The molecule has 0 amide bonds. The van der Waals surface area contributed by atoms with Gasteiger partial charge in [0, 0.05) is 18.8 Å². The Balaban J connectivity index is 3.20. The fourth-order valence-electron chi connectivity index (χ4n) is 1.01. The molecular formula is C8H10N2O3. The van der Waals surface area contributed by atoms with Crippen LogP contribution in [0.25, 0.3) is 0 Å².